The van der Waals surface area contributed by atoms with Crippen molar-refractivity contribution >= 4 is 36.2 Å². The summed E-state index contributed by atoms with van der Waals surface area (Å²) in [4.78, 5) is 10.3. The zero-order valence-electron chi connectivity index (χ0n) is 6.31. The van der Waals surface area contributed by atoms with Crippen molar-refractivity contribution in [2.24, 2.45) is 5.73 Å². The molecule has 3 nitrogen and oxygen atoms in total. The van der Waals surface area contributed by atoms with Crippen molar-refractivity contribution in [3.05, 3.63) is 0 Å². The van der Waals surface area contributed by atoms with Crippen LogP contribution in [0.25, 0.3) is 0 Å². The van der Waals surface area contributed by atoms with E-state index in [1.807, 2.05) is 0 Å². The smallest absolute Gasteiger partial charge is 0.217 e. The first-order valence-electron chi connectivity index (χ1n) is 3.56. The summed E-state index contributed by atoms with van der Waals surface area (Å²) in [6.45, 7) is 1.01. The Morgan fingerprint density at radius 2 is 2.18 bits per heavy atom. The Morgan fingerprint density at radius 3 is 2.73 bits per heavy atom. The van der Waals surface area contributed by atoms with Crippen LogP contribution in [0, 0.1) is 0 Å². The quantitative estimate of drug-likeness (QED) is 0.425. The molecule has 11 heavy (non-hydrogen) atoms. The van der Waals surface area contributed by atoms with Gasteiger partial charge in [0.1, 0.15) is 0 Å². The zero-order chi connectivity index (χ0) is 8.53. The first-order chi connectivity index (χ1) is 5.27. The topological polar surface area (TPSA) is 55.1 Å². The summed E-state index contributed by atoms with van der Waals surface area (Å²) in [5.41, 5.74) is 4.97. The molecular weight excluding hydrogens is 275 g/mol. The molecule has 0 aromatic rings. The van der Waals surface area contributed by atoms with Crippen LogP contribution in [-0.2, 0) is 4.79 Å². The molecule has 0 bridgehead atoms. The van der Waals surface area contributed by atoms with Gasteiger partial charge in [-0.15, -0.1) is 0 Å². The van der Waals surface area contributed by atoms with E-state index in [0.717, 1.165) is 25.8 Å². The summed E-state index contributed by atoms with van der Waals surface area (Å²) in [5.74, 6) is -0.193. The monoisotopic (exact) mass is 288 g/mol. The van der Waals surface area contributed by atoms with Gasteiger partial charge in [0, 0.05) is 34.2 Å². The summed E-state index contributed by atoms with van der Waals surface area (Å²) in [5, 5.41) is 0. The maximum absolute atomic E-state index is 10.3. The van der Waals surface area contributed by atoms with E-state index in [4.69, 9.17) is 5.73 Å². The highest BCUT2D eigenvalue weighted by Gasteiger charge is 1.93. The molecule has 1 amide bonds. The summed E-state index contributed by atoms with van der Waals surface area (Å²) in [7, 11) is 1.59. The van der Waals surface area contributed by atoms with Gasteiger partial charge in [-0.3, -0.25) is 9.52 Å². The highest BCUT2D eigenvalue weighted by Crippen LogP contribution is 2.05. The molecule has 0 rings (SSSR count). The molecule has 0 unspecified atom stereocenters. The van der Waals surface area contributed by atoms with Crippen LogP contribution in [0.3, 0.4) is 0 Å². The van der Waals surface area contributed by atoms with E-state index in [-0.39, 0.29) is 5.91 Å². The molecule has 3 N–H and O–H groups in total. The number of amides is 1. The second-order valence-corrected chi connectivity index (χ2v) is 4.01. The lowest BCUT2D eigenvalue weighted by atomic mass is 10.2. The predicted octanol–water partition coefficient (Wildman–Crippen LogP) is 1.62. The van der Waals surface area contributed by atoms with Crippen LogP contribution in [-0.4, -0.2) is 12.5 Å². The fourth-order valence-corrected chi connectivity index (χ4v) is 1.59. The lowest BCUT2D eigenvalue weighted by Gasteiger charge is -1.98. The van der Waals surface area contributed by atoms with Crippen LogP contribution < -0.4 is 10.5 Å². The van der Waals surface area contributed by atoms with Crippen LogP contribution in [0.15, 0.2) is 0 Å². The van der Waals surface area contributed by atoms with Crippen molar-refractivity contribution in [2.45, 2.75) is 25.7 Å². The fourth-order valence-electron chi connectivity index (χ4n) is 0.712. The number of primary amides is 1. The lowest BCUT2D eigenvalue weighted by Crippen LogP contribution is -2.10. The van der Waals surface area contributed by atoms with E-state index >= 15 is 0 Å². The number of hydrogen-bond donors (Lipinski definition) is 2. The Kier molecular flexibility index (Phi) is 9.00. The minimum absolute atomic E-state index is 0.193. The maximum atomic E-state index is 10.3. The Hall–Kier alpha value is 0.510. The van der Waals surface area contributed by atoms with Crippen molar-refractivity contribution in [1.82, 2.24) is 4.72 Å². The number of nitrogens with one attached hydrogen (secondary N) is 1. The molecule has 0 aromatic heterocycles. The van der Waals surface area contributed by atoms with Gasteiger partial charge in [-0.2, -0.15) is 0 Å². The average Bonchev–Trinajstić information content (AvgIpc) is 1.96. The zero-order valence-corrected chi connectivity index (χ0v) is 9.28. The highest BCUT2D eigenvalue weighted by atomic mass is 127. The molecule has 0 spiro atoms. The molecule has 0 aliphatic carbocycles. The highest BCUT2D eigenvalue weighted by molar-refractivity contribution is 14.2. The van der Waals surface area contributed by atoms with E-state index in [1.54, 1.807) is 9.12 Å². The van der Waals surface area contributed by atoms with Crippen molar-refractivity contribution < 1.29 is 4.79 Å². The third-order valence-electron chi connectivity index (χ3n) is 1.26. The summed E-state index contributed by atoms with van der Waals surface area (Å²) in [6, 6.07) is 0. The van der Waals surface area contributed by atoms with E-state index < -0.39 is 0 Å². The summed E-state index contributed by atoms with van der Waals surface area (Å²) < 4.78 is 3.12. The molecule has 0 aliphatic rings. The van der Waals surface area contributed by atoms with Crippen LogP contribution in [0.2, 0.25) is 0 Å². The Balaban J connectivity index is 2.85. The number of carbonyl (C=O) groups is 1. The number of carbonyl (C=O) groups excluding carboxylic acids is 1. The number of rotatable bonds is 7. The van der Waals surface area contributed by atoms with E-state index in [1.165, 1.54) is 0 Å². The number of hydrogen-bond acceptors (Lipinski definition) is 3. The van der Waals surface area contributed by atoms with Crippen molar-refractivity contribution in [3.63, 3.8) is 0 Å². The molecule has 66 valence electrons. The molecule has 0 radical (unpaired) electrons. The normalized spacial score (nSPS) is 9.91. The standard InChI is InChI=1S/C6H13IN2OS/c7-11-9-5-3-1-2-4-6(8)10/h9H,1-5H2,(H2,8,10). The summed E-state index contributed by atoms with van der Waals surface area (Å²) in [6.07, 6.45) is 3.64. The van der Waals surface area contributed by atoms with Gasteiger partial charge in [0.2, 0.25) is 5.91 Å². The van der Waals surface area contributed by atoms with Gasteiger partial charge in [0.15, 0.2) is 0 Å². The largest absolute Gasteiger partial charge is 0.370 e. The van der Waals surface area contributed by atoms with Gasteiger partial charge in [0.05, 0.1) is 0 Å². The number of unbranched alkanes of at least 4 members (excludes halogenated alkanes) is 2. The van der Waals surface area contributed by atoms with Crippen LogP contribution in [0.4, 0.5) is 0 Å². The predicted molar refractivity (Wildman–Crippen MR) is 57.3 cm³/mol. The molecular formula is C6H13IN2OS. The Labute approximate surface area is 83.6 Å². The van der Waals surface area contributed by atoms with Gasteiger partial charge in [-0.1, -0.05) is 6.42 Å². The number of halogens is 1. The minimum atomic E-state index is -0.193. The van der Waals surface area contributed by atoms with Crippen LogP contribution in [0.5, 0.6) is 0 Å². The Bertz CT molecular complexity index is 113. The molecule has 5 heteroatoms. The molecule has 0 heterocycles. The van der Waals surface area contributed by atoms with Gasteiger partial charge in [-0.25, -0.2) is 0 Å². The van der Waals surface area contributed by atoms with E-state index in [9.17, 15) is 4.79 Å². The third kappa shape index (κ3) is 10.5. The van der Waals surface area contributed by atoms with Gasteiger partial charge in [0.25, 0.3) is 0 Å². The van der Waals surface area contributed by atoms with Gasteiger partial charge >= 0.3 is 0 Å². The lowest BCUT2D eigenvalue weighted by molar-refractivity contribution is -0.118. The minimum Gasteiger partial charge on any atom is -0.370 e. The molecule has 0 fully saturated rings. The van der Waals surface area contributed by atoms with Crippen LogP contribution in [0.1, 0.15) is 25.7 Å². The average molecular weight is 288 g/mol. The fraction of sp³-hybridized carbons (Fsp3) is 0.833. The molecule has 0 aliphatic heterocycles. The van der Waals surface area contributed by atoms with Gasteiger partial charge in [-0.05, 0) is 22.0 Å². The molecule has 0 atom stereocenters. The number of nitrogens with two attached hydrogens (primary N) is 1. The second kappa shape index (κ2) is 8.61. The van der Waals surface area contributed by atoms with E-state index in [2.05, 4.69) is 25.9 Å². The maximum Gasteiger partial charge on any atom is 0.217 e. The van der Waals surface area contributed by atoms with Crippen molar-refractivity contribution in [1.29, 1.82) is 0 Å². The summed E-state index contributed by atoms with van der Waals surface area (Å²) >= 11 is 2.19. The third-order valence-corrected chi connectivity index (χ3v) is 2.50. The second-order valence-electron chi connectivity index (χ2n) is 2.25. The molecule has 0 aromatic carbocycles. The first kappa shape index (κ1) is 11.5. The SMILES string of the molecule is NC(=O)CCCCCNSI. The van der Waals surface area contributed by atoms with E-state index in [0.29, 0.717) is 6.42 Å². The van der Waals surface area contributed by atoms with Crippen LogP contribution >= 0.6 is 30.3 Å². The van der Waals surface area contributed by atoms with Crippen molar-refractivity contribution in [3.8, 4) is 0 Å². The molecule has 0 saturated heterocycles. The molecule has 0 saturated carbocycles. The first-order valence-corrected chi connectivity index (χ1v) is 6.92. The van der Waals surface area contributed by atoms with Crippen molar-refractivity contribution in [2.75, 3.05) is 6.54 Å². The van der Waals surface area contributed by atoms with Gasteiger partial charge < -0.3 is 5.73 Å². The Morgan fingerprint density at radius 1 is 1.45 bits per heavy atom.